The number of aromatic amines is 2. The lowest BCUT2D eigenvalue weighted by Crippen LogP contribution is -2.64. The van der Waals surface area contributed by atoms with Crippen molar-refractivity contribution in [2.24, 2.45) is 0 Å². The molecule has 11 nitrogen and oxygen atoms in total. The van der Waals surface area contributed by atoms with E-state index in [-0.39, 0.29) is 20.1 Å². The van der Waals surface area contributed by atoms with Crippen LogP contribution in [0, 0.1) is 20.8 Å². The summed E-state index contributed by atoms with van der Waals surface area (Å²) in [7, 11) is 0. The number of hydrogen-bond acceptors (Lipinski definition) is 9. The zero-order valence-corrected chi connectivity index (χ0v) is 47.2. The van der Waals surface area contributed by atoms with E-state index in [0.717, 1.165) is 151 Å². The van der Waals surface area contributed by atoms with E-state index < -0.39 is 0 Å². The van der Waals surface area contributed by atoms with Crippen LogP contribution >= 0.6 is 0 Å². The van der Waals surface area contributed by atoms with Gasteiger partial charge in [-0.2, -0.15) is 0 Å². The molecule has 11 aromatic carbocycles. The second-order valence-electron chi connectivity index (χ2n) is 23.5. The monoisotopic (exact) mass is 1120 g/mol. The topological polar surface area (TPSA) is 111 Å². The number of benzene rings is 11. The summed E-state index contributed by atoms with van der Waals surface area (Å²) in [4.78, 5) is 10.2. The Morgan fingerprint density at radius 2 is 0.828 bits per heavy atom. The minimum atomic E-state index is -0.366. The maximum absolute atomic E-state index is 7.43. The van der Waals surface area contributed by atoms with Crippen molar-refractivity contribution < 1.29 is 33.2 Å². The van der Waals surface area contributed by atoms with Gasteiger partial charge in [-0.3, -0.25) is 0 Å². The fourth-order valence-corrected chi connectivity index (χ4v) is 14.7. The van der Waals surface area contributed by atoms with Crippen molar-refractivity contribution in [2.75, 3.05) is 10.2 Å². The summed E-state index contributed by atoms with van der Waals surface area (Å²) in [6.45, 7) is 5.64. The standard InChI is InChI=1S/C73H47B3N4O7/c1-39-27-40(2)69(41(3)28-39)80-58-38-61-53(36-51(58)76-67-59(80)30-46(82-43-19-9-5-10-20-43)32-63(67)87-71-49-24-14-16-26-55(49)79-73(71)76)74-52-35-50-56(37-60(52)84-64-33-47(34-65(85-61)68(64)74)83-44-21-11-6-12-22-44)77-57-29-45(81-42-17-7-4-8-18-42)31-62-66(57)75(50)72-70(86-62)48-23-13-15-25-54(48)78-72/h4-38,77-79H,1-3H3. The minimum Gasteiger partial charge on any atom is -0.458 e. The first-order chi connectivity index (χ1) is 42.8. The molecule has 0 fully saturated rings. The first-order valence-corrected chi connectivity index (χ1v) is 29.4. The van der Waals surface area contributed by atoms with Crippen LogP contribution in [0.25, 0.3) is 21.8 Å². The molecule has 410 valence electrons. The summed E-state index contributed by atoms with van der Waals surface area (Å²) in [5.41, 5.74) is 19.3. The van der Waals surface area contributed by atoms with Crippen LogP contribution < -0.4 is 92.8 Å². The molecule has 14 heteroatoms. The van der Waals surface area contributed by atoms with Gasteiger partial charge in [0.2, 0.25) is 0 Å². The fourth-order valence-electron chi connectivity index (χ4n) is 14.7. The molecule has 6 aliphatic heterocycles. The van der Waals surface area contributed by atoms with Crippen molar-refractivity contribution in [1.82, 2.24) is 9.97 Å². The van der Waals surface area contributed by atoms with E-state index in [0.29, 0.717) is 40.2 Å². The maximum atomic E-state index is 7.43. The summed E-state index contributed by atoms with van der Waals surface area (Å²) in [6, 6.07) is 72.5. The highest BCUT2D eigenvalue weighted by Gasteiger charge is 2.50. The van der Waals surface area contributed by atoms with Gasteiger partial charge < -0.3 is 53.3 Å². The smallest absolute Gasteiger partial charge is 0.276 e. The van der Waals surface area contributed by atoms with Crippen molar-refractivity contribution in [1.29, 1.82) is 0 Å². The fraction of sp³-hybridized carbons (Fsp3) is 0.0411. The van der Waals surface area contributed by atoms with E-state index in [2.05, 4.69) is 144 Å². The van der Waals surface area contributed by atoms with Gasteiger partial charge in [0.15, 0.2) is 0 Å². The Balaban J connectivity index is 0.856. The van der Waals surface area contributed by atoms with Gasteiger partial charge >= 0.3 is 0 Å². The van der Waals surface area contributed by atoms with Gasteiger partial charge in [0.05, 0.1) is 5.69 Å². The van der Waals surface area contributed by atoms with Gasteiger partial charge in [-0.1, -0.05) is 109 Å². The van der Waals surface area contributed by atoms with Crippen LogP contribution in [-0.2, 0) is 0 Å². The number of anilines is 5. The van der Waals surface area contributed by atoms with E-state index in [1.54, 1.807) is 0 Å². The molecule has 0 aliphatic carbocycles. The molecular weight excluding hydrogens is 1080 g/mol. The average molecular weight is 1120 g/mol. The molecule has 8 heterocycles. The molecule has 0 spiro atoms. The quantitative estimate of drug-likeness (QED) is 0.134. The highest BCUT2D eigenvalue weighted by Crippen LogP contribution is 2.49. The maximum Gasteiger partial charge on any atom is 0.276 e. The molecule has 0 amide bonds. The SMILES string of the molecule is Cc1cc(C)c(N2c3cc4c(cc3B3c5[nH]c6ccccc6c5Oc5cc(Oc6ccccc6)cc2c53)B2c3cc5c(cc3Oc3cc(Oc6ccccc6)cc(c32)O4)Nc2cc(Oc3ccccc3)cc3c2B5c2[nH]c4ccccc4c2O3)c(C)c1. The van der Waals surface area contributed by atoms with Crippen molar-refractivity contribution >= 4 is 120 Å². The predicted octanol–water partition coefficient (Wildman–Crippen LogP) is 12.8. The molecule has 0 saturated carbocycles. The molecule has 6 aliphatic rings. The third-order valence-corrected chi connectivity index (χ3v) is 18.1. The number of H-pyrrole nitrogens is 2. The Labute approximate surface area is 500 Å². The number of hydrogen-bond donors (Lipinski definition) is 3. The van der Waals surface area contributed by atoms with Gasteiger partial charge in [0, 0.05) is 110 Å². The lowest BCUT2D eigenvalue weighted by molar-refractivity contribution is 0.443. The molecule has 0 atom stereocenters. The van der Waals surface area contributed by atoms with Crippen molar-refractivity contribution in [3.8, 4) is 80.5 Å². The van der Waals surface area contributed by atoms with Crippen LogP contribution in [0.4, 0.5) is 28.4 Å². The second-order valence-corrected chi connectivity index (χ2v) is 23.5. The Morgan fingerprint density at radius 3 is 1.40 bits per heavy atom. The number of nitrogens with zero attached hydrogens (tertiary/aromatic N) is 1. The van der Waals surface area contributed by atoms with Crippen molar-refractivity contribution in [2.45, 2.75) is 20.8 Å². The molecule has 0 saturated heterocycles. The third-order valence-electron chi connectivity index (χ3n) is 18.1. The first-order valence-electron chi connectivity index (χ1n) is 29.4. The first kappa shape index (κ1) is 48.3. The third kappa shape index (κ3) is 7.21. The summed E-state index contributed by atoms with van der Waals surface area (Å²) in [5, 5.41) is 5.89. The zero-order valence-electron chi connectivity index (χ0n) is 47.2. The Bertz CT molecular complexity index is 5130. The van der Waals surface area contributed by atoms with E-state index in [9.17, 15) is 0 Å². The lowest BCUT2D eigenvalue weighted by Gasteiger charge is -2.42. The molecule has 0 radical (unpaired) electrons. The lowest BCUT2D eigenvalue weighted by atomic mass is 9.30. The normalized spacial score (nSPS) is 13.6. The molecule has 2 aromatic heterocycles. The van der Waals surface area contributed by atoms with Gasteiger partial charge in [-0.15, -0.1) is 0 Å². The van der Waals surface area contributed by atoms with Crippen LogP contribution in [0.5, 0.6) is 80.5 Å². The Kier molecular flexibility index (Phi) is 9.97. The van der Waals surface area contributed by atoms with Gasteiger partial charge in [0.25, 0.3) is 20.1 Å². The van der Waals surface area contributed by atoms with Gasteiger partial charge in [0.1, 0.15) is 80.5 Å². The number of fused-ring (bicyclic) bond motifs is 16. The number of aryl methyl sites for hydroxylation is 3. The molecule has 0 unspecified atom stereocenters. The number of ether oxygens (including phenoxy) is 7. The van der Waals surface area contributed by atoms with E-state index in [1.165, 1.54) is 5.56 Å². The number of aromatic nitrogens is 2. The van der Waals surface area contributed by atoms with Crippen molar-refractivity contribution in [3.63, 3.8) is 0 Å². The number of rotatable bonds is 7. The highest BCUT2D eigenvalue weighted by molar-refractivity contribution is 7.03. The van der Waals surface area contributed by atoms with Crippen LogP contribution in [0.2, 0.25) is 0 Å². The molecule has 87 heavy (non-hydrogen) atoms. The van der Waals surface area contributed by atoms with Crippen LogP contribution in [0.15, 0.2) is 212 Å². The summed E-state index contributed by atoms with van der Waals surface area (Å²) >= 11 is 0. The van der Waals surface area contributed by atoms with Crippen LogP contribution in [-0.4, -0.2) is 30.1 Å². The largest absolute Gasteiger partial charge is 0.458 e. The van der Waals surface area contributed by atoms with Gasteiger partial charge in [-0.25, -0.2) is 0 Å². The predicted molar refractivity (Wildman–Crippen MR) is 348 cm³/mol. The summed E-state index contributed by atoms with van der Waals surface area (Å²) in [5.74, 6) is 9.83. The minimum absolute atomic E-state index is 0.258. The zero-order chi connectivity index (χ0) is 57.3. The van der Waals surface area contributed by atoms with E-state index in [4.69, 9.17) is 33.2 Å². The van der Waals surface area contributed by atoms with Crippen LogP contribution in [0.3, 0.4) is 0 Å². The van der Waals surface area contributed by atoms with Crippen molar-refractivity contribution in [3.05, 3.63) is 229 Å². The molecule has 3 N–H and O–H groups in total. The number of para-hydroxylation sites is 5. The summed E-state index contributed by atoms with van der Waals surface area (Å²) < 4.78 is 49.0. The Morgan fingerprint density at radius 1 is 0.356 bits per heavy atom. The molecular formula is C73H47B3N4O7. The highest BCUT2D eigenvalue weighted by atomic mass is 16.5. The van der Waals surface area contributed by atoms with Gasteiger partial charge in [-0.05, 0) is 125 Å². The molecule has 19 rings (SSSR count). The number of nitrogens with one attached hydrogen (secondary N) is 3. The Hall–Kier alpha value is -11.1. The summed E-state index contributed by atoms with van der Waals surface area (Å²) in [6.07, 6.45) is 0. The van der Waals surface area contributed by atoms with E-state index in [1.807, 2.05) is 109 Å². The second kappa shape index (κ2) is 18.0. The van der Waals surface area contributed by atoms with Crippen LogP contribution in [0.1, 0.15) is 16.7 Å². The van der Waals surface area contributed by atoms with E-state index >= 15 is 0 Å². The molecule has 13 aromatic rings. The average Bonchev–Trinajstić information content (AvgIpc) is 1.60. The molecule has 0 bridgehead atoms.